The zero-order valence-electron chi connectivity index (χ0n) is 17.7. The second kappa shape index (κ2) is 11.2. The van der Waals surface area contributed by atoms with Crippen LogP contribution in [-0.2, 0) is 6.42 Å². The lowest BCUT2D eigenvalue weighted by Crippen LogP contribution is -2.14. The van der Waals surface area contributed by atoms with Crippen molar-refractivity contribution in [2.45, 2.75) is 78.1 Å². The monoisotopic (exact) mass is 380 g/mol. The minimum Gasteiger partial charge on any atom is -0.494 e. The molecule has 0 bridgehead atoms. The van der Waals surface area contributed by atoms with Gasteiger partial charge in [-0.05, 0) is 67.5 Å². The molecule has 1 aliphatic rings. The Bertz CT molecular complexity index is 673. The molecule has 0 N–H and O–H groups in total. The lowest BCUT2D eigenvalue weighted by molar-refractivity contribution is 0.258. The summed E-state index contributed by atoms with van der Waals surface area (Å²) in [5, 5.41) is 8.95. The second-order valence-corrected chi connectivity index (χ2v) is 8.32. The molecule has 1 heterocycles. The van der Waals surface area contributed by atoms with Crippen LogP contribution in [0.4, 0.5) is 0 Å². The van der Waals surface area contributed by atoms with E-state index in [0.717, 1.165) is 54.0 Å². The molecule has 3 rings (SSSR count). The molecular formula is C25H36N2O. The largest absolute Gasteiger partial charge is 0.494 e. The van der Waals surface area contributed by atoms with Crippen molar-refractivity contribution >= 4 is 0 Å². The molecule has 0 radical (unpaired) electrons. The highest BCUT2D eigenvalue weighted by molar-refractivity contribution is 5.59. The highest BCUT2D eigenvalue weighted by atomic mass is 16.5. The van der Waals surface area contributed by atoms with E-state index >= 15 is 0 Å². The van der Waals surface area contributed by atoms with Crippen LogP contribution in [-0.4, -0.2) is 16.8 Å². The van der Waals surface area contributed by atoms with Crippen molar-refractivity contribution in [1.82, 2.24) is 10.2 Å². The molecule has 0 spiro atoms. The van der Waals surface area contributed by atoms with Crippen LogP contribution in [0.1, 0.15) is 77.3 Å². The van der Waals surface area contributed by atoms with Crippen molar-refractivity contribution < 1.29 is 4.74 Å². The van der Waals surface area contributed by atoms with Crippen molar-refractivity contribution in [3.63, 3.8) is 0 Å². The first-order valence-corrected chi connectivity index (χ1v) is 11.3. The quantitative estimate of drug-likeness (QED) is 0.422. The van der Waals surface area contributed by atoms with E-state index in [-0.39, 0.29) is 0 Å². The van der Waals surface area contributed by atoms with E-state index in [9.17, 15) is 0 Å². The predicted octanol–water partition coefficient (Wildman–Crippen LogP) is 6.86. The predicted molar refractivity (Wildman–Crippen MR) is 117 cm³/mol. The number of unbranched alkanes of at least 4 members (excludes halogenated alkanes) is 2. The fraction of sp³-hybridized carbons (Fsp3) is 0.600. The molecule has 0 aliphatic heterocycles. The second-order valence-electron chi connectivity index (χ2n) is 8.32. The van der Waals surface area contributed by atoms with E-state index in [4.69, 9.17) is 4.74 Å². The molecular weight excluding hydrogens is 344 g/mol. The van der Waals surface area contributed by atoms with E-state index in [1.54, 1.807) is 0 Å². The first kappa shape index (κ1) is 20.8. The standard InChI is InChI=1S/C25H36N2O/c1-3-5-6-19-28-24-16-12-22(13-17-24)25-18-15-23(26-27-25)14-11-21-9-7-20(4-2)8-10-21/h12-13,15-18,20-21H,3-11,14,19H2,1-2H3. The van der Waals surface area contributed by atoms with Crippen LogP contribution in [0, 0.1) is 11.8 Å². The Hall–Kier alpha value is -1.90. The Balaban J connectivity index is 1.46. The van der Waals surface area contributed by atoms with Gasteiger partial charge in [-0.3, -0.25) is 0 Å². The maximum absolute atomic E-state index is 5.79. The van der Waals surface area contributed by atoms with Gasteiger partial charge < -0.3 is 4.74 Å². The van der Waals surface area contributed by atoms with E-state index in [0.29, 0.717) is 0 Å². The van der Waals surface area contributed by atoms with Gasteiger partial charge in [0.15, 0.2) is 0 Å². The summed E-state index contributed by atoms with van der Waals surface area (Å²) >= 11 is 0. The van der Waals surface area contributed by atoms with Gasteiger partial charge >= 0.3 is 0 Å². The molecule has 152 valence electrons. The van der Waals surface area contributed by atoms with Crippen molar-refractivity contribution in [1.29, 1.82) is 0 Å². The number of rotatable bonds is 10. The summed E-state index contributed by atoms with van der Waals surface area (Å²) in [4.78, 5) is 0. The third-order valence-corrected chi connectivity index (χ3v) is 6.24. The molecule has 1 aromatic heterocycles. The molecule has 2 aromatic rings. The Kier molecular flexibility index (Phi) is 8.32. The van der Waals surface area contributed by atoms with Crippen molar-refractivity contribution in [2.24, 2.45) is 11.8 Å². The maximum atomic E-state index is 5.79. The van der Waals surface area contributed by atoms with Crippen molar-refractivity contribution in [2.75, 3.05) is 6.61 Å². The smallest absolute Gasteiger partial charge is 0.119 e. The van der Waals surface area contributed by atoms with Gasteiger partial charge in [0.05, 0.1) is 18.0 Å². The van der Waals surface area contributed by atoms with Gasteiger partial charge in [0.1, 0.15) is 5.75 Å². The summed E-state index contributed by atoms with van der Waals surface area (Å²) in [6.07, 6.45) is 12.9. The van der Waals surface area contributed by atoms with E-state index in [1.807, 2.05) is 12.1 Å². The summed E-state index contributed by atoms with van der Waals surface area (Å²) in [5.41, 5.74) is 3.15. The lowest BCUT2D eigenvalue weighted by Gasteiger charge is -2.27. The van der Waals surface area contributed by atoms with Gasteiger partial charge in [-0.25, -0.2) is 0 Å². The number of nitrogens with zero attached hydrogens (tertiary/aromatic N) is 2. The maximum Gasteiger partial charge on any atom is 0.119 e. The normalized spacial score (nSPS) is 19.5. The van der Waals surface area contributed by atoms with Crippen molar-refractivity contribution in [3.8, 4) is 17.0 Å². The number of benzene rings is 1. The summed E-state index contributed by atoms with van der Waals surface area (Å²) in [6, 6.07) is 12.5. The summed E-state index contributed by atoms with van der Waals surface area (Å²) < 4.78 is 5.79. The SMILES string of the molecule is CCCCCOc1ccc(-c2ccc(CCC3CCC(CC)CC3)nn2)cc1. The molecule has 1 aliphatic carbocycles. The molecule has 3 heteroatoms. The fourth-order valence-electron chi connectivity index (χ4n) is 4.19. The molecule has 0 saturated heterocycles. The average Bonchev–Trinajstić information content (AvgIpc) is 2.76. The van der Waals surface area contributed by atoms with E-state index < -0.39 is 0 Å². The van der Waals surface area contributed by atoms with Gasteiger partial charge in [0.25, 0.3) is 0 Å². The number of ether oxygens (including phenoxy) is 1. The number of aromatic nitrogens is 2. The topological polar surface area (TPSA) is 35.0 Å². The molecule has 1 fully saturated rings. The van der Waals surface area contributed by atoms with Gasteiger partial charge in [-0.2, -0.15) is 10.2 Å². The summed E-state index contributed by atoms with van der Waals surface area (Å²) in [5.74, 6) is 2.79. The average molecular weight is 381 g/mol. The molecule has 0 atom stereocenters. The zero-order chi connectivity index (χ0) is 19.6. The van der Waals surface area contributed by atoms with Crippen LogP contribution in [0.25, 0.3) is 11.3 Å². The van der Waals surface area contributed by atoms with Crippen LogP contribution in [0.15, 0.2) is 36.4 Å². The van der Waals surface area contributed by atoms with Crippen LogP contribution in [0.5, 0.6) is 5.75 Å². The minimum atomic E-state index is 0.793. The molecule has 0 unspecified atom stereocenters. The summed E-state index contributed by atoms with van der Waals surface area (Å²) in [7, 11) is 0. The summed E-state index contributed by atoms with van der Waals surface area (Å²) in [6.45, 7) is 5.33. The fourth-order valence-corrected chi connectivity index (χ4v) is 4.19. The van der Waals surface area contributed by atoms with Crippen LogP contribution < -0.4 is 4.74 Å². The van der Waals surface area contributed by atoms with Gasteiger partial charge in [0.2, 0.25) is 0 Å². The van der Waals surface area contributed by atoms with Crippen LogP contribution in [0.3, 0.4) is 0 Å². The zero-order valence-corrected chi connectivity index (χ0v) is 17.7. The first-order valence-electron chi connectivity index (χ1n) is 11.3. The number of hydrogen-bond acceptors (Lipinski definition) is 3. The lowest BCUT2D eigenvalue weighted by atomic mass is 9.79. The van der Waals surface area contributed by atoms with Gasteiger partial charge in [0, 0.05) is 5.56 Å². The van der Waals surface area contributed by atoms with Crippen molar-refractivity contribution in [3.05, 3.63) is 42.1 Å². The van der Waals surface area contributed by atoms with E-state index in [2.05, 4.69) is 48.3 Å². The van der Waals surface area contributed by atoms with Gasteiger partial charge in [-0.15, -0.1) is 0 Å². The Morgan fingerprint density at radius 1 is 0.857 bits per heavy atom. The minimum absolute atomic E-state index is 0.793. The number of hydrogen-bond donors (Lipinski definition) is 0. The molecule has 0 amide bonds. The first-order chi connectivity index (χ1) is 13.8. The van der Waals surface area contributed by atoms with E-state index in [1.165, 1.54) is 51.4 Å². The number of aryl methyl sites for hydroxylation is 1. The molecule has 3 nitrogen and oxygen atoms in total. The van der Waals surface area contributed by atoms with Crippen LogP contribution in [0.2, 0.25) is 0 Å². The van der Waals surface area contributed by atoms with Crippen LogP contribution >= 0.6 is 0 Å². The molecule has 1 saturated carbocycles. The Morgan fingerprint density at radius 2 is 1.61 bits per heavy atom. The molecule has 28 heavy (non-hydrogen) atoms. The third-order valence-electron chi connectivity index (χ3n) is 6.24. The Morgan fingerprint density at radius 3 is 2.25 bits per heavy atom. The molecule has 1 aromatic carbocycles. The highest BCUT2D eigenvalue weighted by Crippen LogP contribution is 2.33. The Labute approximate surface area is 170 Å². The van der Waals surface area contributed by atoms with Gasteiger partial charge in [-0.1, -0.05) is 58.8 Å². The third kappa shape index (κ3) is 6.32. The highest BCUT2D eigenvalue weighted by Gasteiger charge is 2.19.